The second-order valence-corrected chi connectivity index (χ2v) is 7.52. The summed E-state index contributed by atoms with van der Waals surface area (Å²) in [4.78, 5) is 30.0. The molecule has 2 amide bonds. The highest BCUT2D eigenvalue weighted by atomic mass is 35.5. The normalized spacial score (nSPS) is 17.7. The van der Waals surface area contributed by atoms with Crippen molar-refractivity contribution in [3.63, 3.8) is 0 Å². The van der Waals surface area contributed by atoms with Crippen LogP contribution in [0.5, 0.6) is 0 Å². The molecule has 0 aromatic heterocycles. The molecule has 7 heteroatoms. The van der Waals surface area contributed by atoms with Crippen LogP contribution in [0, 0.1) is 6.92 Å². The van der Waals surface area contributed by atoms with Crippen LogP contribution in [0.2, 0.25) is 10.0 Å². The molecule has 5 nitrogen and oxygen atoms in total. The Morgan fingerprint density at radius 2 is 1.68 bits per heavy atom. The topological polar surface area (TPSA) is 49.9 Å². The van der Waals surface area contributed by atoms with Gasteiger partial charge in [-0.3, -0.25) is 9.59 Å². The van der Waals surface area contributed by atoms with Crippen molar-refractivity contribution in [3.8, 4) is 0 Å². The SMILES string of the molecule is Cc1ccccc1N1C(=O)C(c2ccc(Cl)cc2Cl)=C(N2CCOCC2)C1=O. The van der Waals surface area contributed by atoms with Crippen molar-refractivity contribution >= 4 is 46.3 Å². The lowest BCUT2D eigenvalue weighted by atomic mass is 10.0. The van der Waals surface area contributed by atoms with Gasteiger partial charge in [-0.05, 0) is 30.7 Å². The third-order valence-electron chi connectivity index (χ3n) is 4.94. The van der Waals surface area contributed by atoms with Crippen LogP contribution in [0.3, 0.4) is 0 Å². The number of carbonyl (C=O) groups excluding carboxylic acids is 2. The Bertz CT molecular complexity index is 997. The monoisotopic (exact) mass is 416 g/mol. The number of nitrogens with zero attached hydrogens (tertiary/aromatic N) is 2. The number of benzene rings is 2. The van der Waals surface area contributed by atoms with Crippen molar-refractivity contribution in [2.75, 3.05) is 31.2 Å². The number of ether oxygens (including phenoxy) is 1. The van der Waals surface area contributed by atoms with E-state index in [-0.39, 0.29) is 11.8 Å². The summed E-state index contributed by atoms with van der Waals surface area (Å²) in [6.45, 7) is 3.93. The minimum absolute atomic E-state index is 0.303. The predicted molar refractivity (Wildman–Crippen MR) is 109 cm³/mol. The molecular formula is C21H18Cl2N2O3. The molecule has 0 unspecified atom stereocenters. The van der Waals surface area contributed by atoms with Crippen molar-refractivity contribution in [3.05, 3.63) is 69.3 Å². The molecule has 0 N–H and O–H groups in total. The highest BCUT2D eigenvalue weighted by Gasteiger charge is 2.43. The number of aryl methyl sites for hydroxylation is 1. The van der Waals surface area contributed by atoms with E-state index >= 15 is 0 Å². The lowest BCUT2D eigenvalue weighted by Gasteiger charge is -2.29. The van der Waals surface area contributed by atoms with Gasteiger partial charge in [0.1, 0.15) is 5.70 Å². The van der Waals surface area contributed by atoms with Crippen molar-refractivity contribution in [2.45, 2.75) is 6.92 Å². The minimum atomic E-state index is -0.384. The van der Waals surface area contributed by atoms with Gasteiger partial charge in [-0.1, -0.05) is 47.5 Å². The van der Waals surface area contributed by atoms with Gasteiger partial charge in [0.15, 0.2) is 0 Å². The van der Waals surface area contributed by atoms with Crippen molar-refractivity contribution < 1.29 is 14.3 Å². The number of anilines is 1. The summed E-state index contributed by atoms with van der Waals surface area (Å²) in [5, 5.41) is 0.802. The largest absolute Gasteiger partial charge is 0.378 e. The number of imide groups is 1. The number of carbonyl (C=O) groups is 2. The zero-order valence-electron chi connectivity index (χ0n) is 15.2. The maximum Gasteiger partial charge on any atom is 0.282 e. The molecule has 0 aliphatic carbocycles. The molecule has 2 heterocycles. The standard InChI is InChI=1S/C21H18Cl2N2O3/c1-13-4-2-3-5-17(13)25-20(26)18(15-7-6-14(22)12-16(15)23)19(21(25)27)24-8-10-28-11-9-24/h2-7,12H,8-11H2,1H3. The van der Waals surface area contributed by atoms with Crippen LogP contribution in [0.25, 0.3) is 5.57 Å². The van der Waals surface area contributed by atoms with Gasteiger partial charge in [-0.2, -0.15) is 0 Å². The van der Waals surface area contributed by atoms with Gasteiger partial charge in [0.2, 0.25) is 0 Å². The first kappa shape index (κ1) is 19.0. The Morgan fingerprint density at radius 1 is 0.964 bits per heavy atom. The van der Waals surface area contributed by atoms with Crippen molar-refractivity contribution in [2.24, 2.45) is 0 Å². The Hall–Kier alpha value is -2.34. The first-order chi connectivity index (χ1) is 13.5. The molecule has 0 bridgehead atoms. The van der Waals surface area contributed by atoms with Crippen molar-refractivity contribution in [1.29, 1.82) is 0 Å². The molecule has 4 rings (SSSR count). The molecule has 0 atom stereocenters. The number of morpholine rings is 1. The highest BCUT2D eigenvalue weighted by Crippen LogP contribution is 2.39. The number of para-hydroxylation sites is 1. The molecule has 0 saturated carbocycles. The fraction of sp³-hybridized carbons (Fsp3) is 0.238. The maximum absolute atomic E-state index is 13.5. The van der Waals surface area contributed by atoms with Crippen LogP contribution in [0.15, 0.2) is 48.2 Å². The van der Waals surface area contributed by atoms with E-state index in [9.17, 15) is 9.59 Å². The number of rotatable bonds is 3. The third kappa shape index (κ3) is 3.20. The predicted octanol–water partition coefficient (Wildman–Crippen LogP) is 3.92. The Kier molecular flexibility index (Phi) is 5.15. The van der Waals surface area contributed by atoms with Gasteiger partial charge in [0, 0.05) is 23.7 Å². The zero-order chi connectivity index (χ0) is 19.8. The van der Waals surface area contributed by atoms with E-state index in [1.165, 1.54) is 4.90 Å². The average molecular weight is 417 g/mol. The smallest absolute Gasteiger partial charge is 0.282 e. The molecular weight excluding hydrogens is 399 g/mol. The van der Waals surface area contributed by atoms with Gasteiger partial charge in [0.25, 0.3) is 11.8 Å². The van der Waals surface area contributed by atoms with E-state index in [0.29, 0.717) is 58.9 Å². The van der Waals surface area contributed by atoms with Crippen LogP contribution in [0.4, 0.5) is 5.69 Å². The molecule has 2 aliphatic heterocycles. The Balaban J connectivity index is 1.88. The average Bonchev–Trinajstić information content (AvgIpc) is 2.93. The van der Waals surface area contributed by atoms with E-state index in [1.54, 1.807) is 24.3 Å². The van der Waals surface area contributed by atoms with Crippen LogP contribution >= 0.6 is 23.2 Å². The van der Waals surface area contributed by atoms with Gasteiger partial charge in [0.05, 0.1) is 29.5 Å². The fourth-order valence-corrected chi connectivity index (χ4v) is 4.07. The van der Waals surface area contributed by atoms with Gasteiger partial charge >= 0.3 is 0 Å². The molecule has 2 aromatic carbocycles. The molecule has 1 saturated heterocycles. The second-order valence-electron chi connectivity index (χ2n) is 6.68. The van der Waals surface area contributed by atoms with Gasteiger partial charge < -0.3 is 9.64 Å². The van der Waals surface area contributed by atoms with Crippen LogP contribution in [-0.4, -0.2) is 43.0 Å². The molecule has 28 heavy (non-hydrogen) atoms. The first-order valence-electron chi connectivity index (χ1n) is 8.96. The molecule has 0 spiro atoms. The lowest BCUT2D eigenvalue weighted by molar-refractivity contribution is -0.121. The molecule has 0 radical (unpaired) electrons. The van der Waals surface area contributed by atoms with E-state index in [1.807, 2.05) is 30.0 Å². The summed E-state index contributed by atoms with van der Waals surface area (Å²) in [7, 11) is 0. The molecule has 2 aliphatic rings. The summed E-state index contributed by atoms with van der Waals surface area (Å²) in [5.41, 5.74) is 2.58. The lowest BCUT2D eigenvalue weighted by Crippen LogP contribution is -2.40. The van der Waals surface area contributed by atoms with Crippen LogP contribution in [-0.2, 0) is 14.3 Å². The number of hydrogen-bond donors (Lipinski definition) is 0. The highest BCUT2D eigenvalue weighted by molar-refractivity contribution is 6.47. The summed E-state index contributed by atoms with van der Waals surface area (Å²) in [5.74, 6) is -0.729. The quantitative estimate of drug-likeness (QED) is 0.711. The summed E-state index contributed by atoms with van der Waals surface area (Å²) < 4.78 is 5.41. The molecule has 1 fully saturated rings. The Labute approximate surface area is 173 Å². The number of halogens is 2. The summed E-state index contributed by atoms with van der Waals surface area (Å²) in [6.07, 6.45) is 0. The summed E-state index contributed by atoms with van der Waals surface area (Å²) >= 11 is 12.4. The number of hydrogen-bond acceptors (Lipinski definition) is 4. The third-order valence-corrected chi connectivity index (χ3v) is 5.49. The van der Waals surface area contributed by atoms with E-state index in [2.05, 4.69) is 0 Å². The molecule has 2 aromatic rings. The zero-order valence-corrected chi connectivity index (χ0v) is 16.8. The second kappa shape index (κ2) is 7.59. The van der Waals surface area contributed by atoms with E-state index in [4.69, 9.17) is 27.9 Å². The van der Waals surface area contributed by atoms with Crippen LogP contribution in [0.1, 0.15) is 11.1 Å². The fourth-order valence-electron chi connectivity index (χ4n) is 3.57. The van der Waals surface area contributed by atoms with Crippen molar-refractivity contribution in [1.82, 2.24) is 4.90 Å². The number of amides is 2. The summed E-state index contributed by atoms with van der Waals surface area (Å²) in [6, 6.07) is 12.3. The first-order valence-corrected chi connectivity index (χ1v) is 9.71. The Morgan fingerprint density at radius 3 is 2.36 bits per heavy atom. The van der Waals surface area contributed by atoms with Gasteiger partial charge in [-0.25, -0.2) is 4.90 Å². The minimum Gasteiger partial charge on any atom is -0.378 e. The molecule has 144 valence electrons. The van der Waals surface area contributed by atoms with E-state index < -0.39 is 0 Å². The van der Waals surface area contributed by atoms with Gasteiger partial charge in [-0.15, -0.1) is 0 Å². The maximum atomic E-state index is 13.5. The van der Waals surface area contributed by atoms with E-state index in [0.717, 1.165) is 5.56 Å². The van der Waals surface area contributed by atoms with Crippen LogP contribution < -0.4 is 4.90 Å².